The normalized spacial score (nSPS) is 17.3. The lowest BCUT2D eigenvalue weighted by Crippen LogP contribution is -2.48. The Morgan fingerprint density at radius 3 is 2.29 bits per heavy atom. The van der Waals surface area contributed by atoms with Crippen LogP contribution in [0, 0.1) is 6.92 Å². The molecule has 2 heterocycles. The van der Waals surface area contributed by atoms with Crippen molar-refractivity contribution < 1.29 is 18.0 Å². The minimum Gasteiger partial charge on any atom is -0.336 e. The third-order valence-corrected chi connectivity index (χ3v) is 3.92. The number of likely N-dealkylation sites (N-methyl/N-ethyl adjacent to an activating group) is 1. The molecule has 118 valence electrons. The van der Waals surface area contributed by atoms with Crippen molar-refractivity contribution in [2.24, 2.45) is 7.05 Å². The van der Waals surface area contributed by atoms with Crippen molar-refractivity contribution in [3.05, 3.63) is 17.0 Å². The van der Waals surface area contributed by atoms with E-state index in [0.29, 0.717) is 26.2 Å². The maximum atomic E-state index is 13.0. The summed E-state index contributed by atoms with van der Waals surface area (Å²) in [5.41, 5.74) is -1.18. The molecule has 0 spiro atoms. The fraction of sp³-hybridized carbons (Fsp3) is 0.692. The zero-order valence-corrected chi connectivity index (χ0v) is 12.4. The molecule has 1 amide bonds. The summed E-state index contributed by atoms with van der Waals surface area (Å²) in [5, 5.41) is 3.46. The molecular formula is C13H19F3N4O. The summed E-state index contributed by atoms with van der Waals surface area (Å²) in [6.07, 6.45) is -4.62. The largest absolute Gasteiger partial charge is 0.435 e. The summed E-state index contributed by atoms with van der Waals surface area (Å²) in [5.74, 6) is -0.580. The number of aromatic nitrogens is 2. The van der Waals surface area contributed by atoms with E-state index < -0.39 is 17.8 Å². The fourth-order valence-corrected chi connectivity index (χ4v) is 2.49. The molecule has 1 fully saturated rings. The average molecular weight is 304 g/mol. The molecule has 0 N–H and O–H groups in total. The highest BCUT2D eigenvalue weighted by molar-refractivity contribution is 5.96. The van der Waals surface area contributed by atoms with Gasteiger partial charge in [0.15, 0.2) is 5.69 Å². The number of rotatable bonds is 2. The second-order valence-electron chi connectivity index (χ2n) is 5.16. The lowest BCUT2D eigenvalue weighted by molar-refractivity contribution is -0.141. The van der Waals surface area contributed by atoms with Crippen LogP contribution in [-0.2, 0) is 13.2 Å². The van der Waals surface area contributed by atoms with Gasteiger partial charge >= 0.3 is 6.18 Å². The van der Waals surface area contributed by atoms with Crippen molar-refractivity contribution in [1.82, 2.24) is 19.6 Å². The summed E-state index contributed by atoms with van der Waals surface area (Å²) in [4.78, 5) is 16.1. The van der Waals surface area contributed by atoms with Crippen molar-refractivity contribution in [2.45, 2.75) is 20.0 Å². The van der Waals surface area contributed by atoms with E-state index >= 15 is 0 Å². The molecular weight excluding hydrogens is 285 g/mol. The van der Waals surface area contributed by atoms with Crippen LogP contribution in [0.15, 0.2) is 0 Å². The number of halogens is 3. The SMILES string of the molecule is CCN1CCN(C(=O)c2c(C(F)(F)F)nn(C)c2C)CC1. The van der Waals surface area contributed by atoms with Crippen LogP contribution in [0.25, 0.3) is 0 Å². The zero-order chi connectivity index (χ0) is 15.8. The second-order valence-corrected chi connectivity index (χ2v) is 5.16. The average Bonchev–Trinajstić information content (AvgIpc) is 2.74. The van der Waals surface area contributed by atoms with Gasteiger partial charge in [-0.15, -0.1) is 0 Å². The lowest BCUT2D eigenvalue weighted by Gasteiger charge is -2.34. The number of aryl methyl sites for hydroxylation is 1. The van der Waals surface area contributed by atoms with Crippen LogP contribution in [0.1, 0.15) is 28.7 Å². The number of carbonyl (C=O) groups is 1. The minimum absolute atomic E-state index is 0.241. The molecule has 0 aliphatic carbocycles. The Labute approximate surface area is 121 Å². The molecule has 1 aliphatic rings. The van der Waals surface area contributed by atoms with Crippen LogP contribution in [0.3, 0.4) is 0 Å². The van der Waals surface area contributed by atoms with Crippen molar-refractivity contribution in [3.8, 4) is 0 Å². The third-order valence-electron chi connectivity index (χ3n) is 3.92. The first-order valence-electron chi connectivity index (χ1n) is 6.88. The van der Waals surface area contributed by atoms with Crippen LogP contribution < -0.4 is 0 Å². The van der Waals surface area contributed by atoms with Gasteiger partial charge in [0.2, 0.25) is 0 Å². The number of hydrogen-bond acceptors (Lipinski definition) is 3. The number of carbonyl (C=O) groups excluding carboxylic acids is 1. The number of piperazine rings is 1. The van der Waals surface area contributed by atoms with Gasteiger partial charge in [0.1, 0.15) is 0 Å². The molecule has 8 heteroatoms. The fourth-order valence-electron chi connectivity index (χ4n) is 2.49. The minimum atomic E-state index is -4.62. The Kier molecular flexibility index (Phi) is 4.27. The lowest BCUT2D eigenvalue weighted by atomic mass is 10.1. The highest BCUT2D eigenvalue weighted by Gasteiger charge is 2.41. The van der Waals surface area contributed by atoms with E-state index in [0.717, 1.165) is 11.2 Å². The predicted molar refractivity (Wildman–Crippen MR) is 71.0 cm³/mol. The smallest absolute Gasteiger partial charge is 0.336 e. The van der Waals surface area contributed by atoms with E-state index in [-0.39, 0.29) is 11.3 Å². The van der Waals surface area contributed by atoms with E-state index in [2.05, 4.69) is 10.00 Å². The van der Waals surface area contributed by atoms with E-state index in [1.807, 2.05) is 6.92 Å². The Morgan fingerprint density at radius 2 is 1.81 bits per heavy atom. The molecule has 2 rings (SSSR count). The summed E-state index contributed by atoms with van der Waals surface area (Å²) in [6.45, 7) is 6.63. The predicted octanol–water partition coefficient (Wildman–Crippen LogP) is 1.53. The van der Waals surface area contributed by atoms with Gasteiger partial charge in [0.05, 0.1) is 5.56 Å². The number of hydrogen-bond donors (Lipinski definition) is 0. The first-order chi connectivity index (χ1) is 9.75. The first kappa shape index (κ1) is 15.8. The first-order valence-corrected chi connectivity index (χ1v) is 6.88. The molecule has 0 bridgehead atoms. The zero-order valence-electron chi connectivity index (χ0n) is 12.4. The van der Waals surface area contributed by atoms with Crippen molar-refractivity contribution >= 4 is 5.91 Å². The van der Waals surface area contributed by atoms with Gasteiger partial charge < -0.3 is 9.80 Å². The molecule has 0 unspecified atom stereocenters. The van der Waals surface area contributed by atoms with Gasteiger partial charge in [-0.1, -0.05) is 6.92 Å². The molecule has 0 aromatic carbocycles. The van der Waals surface area contributed by atoms with Gasteiger partial charge in [-0.25, -0.2) is 0 Å². The van der Waals surface area contributed by atoms with Crippen LogP contribution in [0.5, 0.6) is 0 Å². The second kappa shape index (κ2) is 5.67. The maximum absolute atomic E-state index is 13.0. The van der Waals surface area contributed by atoms with Gasteiger partial charge in [-0.2, -0.15) is 18.3 Å². The topological polar surface area (TPSA) is 41.4 Å². The summed E-state index contributed by atoms with van der Waals surface area (Å²) in [7, 11) is 1.41. The highest BCUT2D eigenvalue weighted by Crippen LogP contribution is 2.33. The number of nitrogens with zero attached hydrogens (tertiary/aromatic N) is 4. The van der Waals surface area contributed by atoms with Gasteiger partial charge in [0.25, 0.3) is 5.91 Å². The van der Waals surface area contributed by atoms with E-state index in [4.69, 9.17) is 0 Å². The molecule has 0 radical (unpaired) electrons. The standard InChI is InChI=1S/C13H19F3N4O/c1-4-19-5-7-20(8-6-19)12(21)10-9(2)18(3)17-11(10)13(14,15)16/h4-8H2,1-3H3. The van der Waals surface area contributed by atoms with Crippen LogP contribution in [0.2, 0.25) is 0 Å². The Morgan fingerprint density at radius 1 is 1.24 bits per heavy atom. The molecule has 5 nitrogen and oxygen atoms in total. The van der Waals surface area contributed by atoms with E-state index in [9.17, 15) is 18.0 Å². The number of alkyl halides is 3. The summed E-state index contributed by atoms with van der Waals surface area (Å²) < 4.78 is 40.2. The molecule has 1 aliphatic heterocycles. The Balaban J connectivity index is 2.28. The van der Waals surface area contributed by atoms with Crippen molar-refractivity contribution in [3.63, 3.8) is 0 Å². The molecule has 21 heavy (non-hydrogen) atoms. The monoisotopic (exact) mass is 304 g/mol. The van der Waals surface area contributed by atoms with Crippen molar-refractivity contribution in [2.75, 3.05) is 32.7 Å². The molecule has 1 saturated heterocycles. The number of amides is 1. The molecule has 1 aromatic rings. The summed E-state index contributed by atoms with van der Waals surface area (Å²) in [6, 6.07) is 0. The van der Waals surface area contributed by atoms with Crippen molar-refractivity contribution in [1.29, 1.82) is 0 Å². The van der Waals surface area contributed by atoms with Crippen LogP contribution >= 0.6 is 0 Å². The third kappa shape index (κ3) is 3.04. The maximum Gasteiger partial charge on any atom is 0.435 e. The van der Waals surface area contributed by atoms with Gasteiger partial charge in [-0.3, -0.25) is 9.48 Å². The van der Waals surface area contributed by atoms with Crippen LogP contribution in [0.4, 0.5) is 13.2 Å². The highest BCUT2D eigenvalue weighted by atomic mass is 19.4. The summed E-state index contributed by atoms with van der Waals surface area (Å²) >= 11 is 0. The van der Waals surface area contributed by atoms with Gasteiger partial charge in [0, 0.05) is 38.9 Å². The van der Waals surface area contributed by atoms with Gasteiger partial charge in [-0.05, 0) is 13.5 Å². The molecule has 0 saturated carbocycles. The Hall–Kier alpha value is -1.57. The Bertz CT molecular complexity index is 530. The molecule has 0 atom stereocenters. The van der Waals surface area contributed by atoms with E-state index in [1.165, 1.54) is 18.9 Å². The van der Waals surface area contributed by atoms with Crippen LogP contribution in [-0.4, -0.2) is 58.2 Å². The quantitative estimate of drug-likeness (QED) is 0.832. The molecule has 1 aromatic heterocycles. The van der Waals surface area contributed by atoms with E-state index in [1.54, 1.807) is 0 Å².